The number of nitrogens with zero attached hydrogens (tertiary/aromatic N) is 3. The van der Waals surface area contributed by atoms with Crippen molar-refractivity contribution in [1.29, 1.82) is 0 Å². The Hall–Kier alpha value is -3.00. The molecule has 2 aromatic carbocycles. The zero-order valence-corrected chi connectivity index (χ0v) is 21.3. The van der Waals surface area contributed by atoms with Gasteiger partial charge in [-0.1, -0.05) is 34.8 Å². The van der Waals surface area contributed by atoms with Crippen LogP contribution in [0.1, 0.15) is 16.8 Å². The molecule has 3 heterocycles. The number of aromatic nitrogens is 3. The highest BCUT2D eigenvalue weighted by molar-refractivity contribution is 6.39. The molecule has 0 unspecified atom stereocenters. The van der Waals surface area contributed by atoms with Gasteiger partial charge in [-0.05, 0) is 38.5 Å². The summed E-state index contributed by atoms with van der Waals surface area (Å²) in [6, 6.07) is 7.49. The minimum atomic E-state index is -0.734. The SMILES string of the molecule is Cc1c(Cl)nc2cc(F)cc(F)c2c1Cl.Cc1ncccc1-c1nc2cc(F)cc(F)c2c(Cl)c1C. The first kappa shape index (κ1) is 26.1. The van der Waals surface area contributed by atoms with Crippen molar-refractivity contribution in [3.63, 3.8) is 0 Å². The van der Waals surface area contributed by atoms with Crippen LogP contribution in [-0.2, 0) is 0 Å². The van der Waals surface area contributed by atoms with Crippen LogP contribution in [0.25, 0.3) is 33.1 Å². The summed E-state index contributed by atoms with van der Waals surface area (Å²) in [4.78, 5) is 12.5. The van der Waals surface area contributed by atoms with E-state index in [4.69, 9.17) is 34.8 Å². The van der Waals surface area contributed by atoms with Gasteiger partial charge in [-0.3, -0.25) is 4.98 Å². The maximum absolute atomic E-state index is 13.9. The van der Waals surface area contributed by atoms with E-state index in [0.29, 0.717) is 16.8 Å². The number of hydrogen-bond donors (Lipinski definition) is 0. The van der Waals surface area contributed by atoms with Gasteiger partial charge >= 0.3 is 0 Å². The predicted molar refractivity (Wildman–Crippen MR) is 136 cm³/mol. The van der Waals surface area contributed by atoms with E-state index in [2.05, 4.69) is 15.0 Å². The minimum absolute atomic E-state index is 0.0972. The molecule has 184 valence electrons. The van der Waals surface area contributed by atoms with Crippen LogP contribution in [0.4, 0.5) is 17.6 Å². The molecular formula is C26H16Cl3F4N3. The lowest BCUT2D eigenvalue weighted by Crippen LogP contribution is -1.97. The number of halogens is 7. The summed E-state index contributed by atoms with van der Waals surface area (Å²) in [6.07, 6.45) is 1.68. The Labute approximate surface area is 218 Å². The Morgan fingerprint density at radius 3 is 1.78 bits per heavy atom. The largest absolute Gasteiger partial charge is 0.261 e. The van der Waals surface area contributed by atoms with Crippen LogP contribution >= 0.6 is 34.8 Å². The third-order valence-electron chi connectivity index (χ3n) is 5.54. The van der Waals surface area contributed by atoms with Crippen LogP contribution in [0, 0.1) is 44.0 Å². The predicted octanol–water partition coefficient (Wildman–Crippen LogP) is 8.97. The first-order valence-corrected chi connectivity index (χ1v) is 11.6. The minimum Gasteiger partial charge on any atom is -0.261 e. The summed E-state index contributed by atoms with van der Waals surface area (Å²) in [5.41, 5.74) is 3.60. The van der Waals surface area contributed by atoms with Crippen molar-refractivity contribution < 1.29 is 17.6 Å². The summed E-state index contributed by atoms with van der Waals surface area (Å²) >= 11 is 17.9. The van der Waals surface area contributed by atoms with Crippen LogP contribution in [0.3, 0.4) is 0 Å². The van der Waals surface area contributed by atoms with Crippen molar-refractivity contribution in [2.45, 2.75) is 20.8 Å². The average molecular weight is 553 g/mol. The molecule has 0 aliphatic rings. The smallest absolute Gasteiger partial charge is 0.137 e. The van der Waals surface area contributed by atoms with Gasteiger partial charge in [0.05, 0.1) is 37.5 Å². The van der Waals surface area contributed by atoms with Crippen molar-refractivity contribution in [1.82, 2.24) is 15.0 Å². The second kappa shape index (κ2) is 10.2. The van der Waals surface area contributed by atoms with Crippen molar-refractivity contribution >= 4 is 56.6 Å². The number of benzene rings is 2. The highest BCUT2D eigenvalue weighted by Crippen LogP contribution is 2.35. The standard InChI is InChI=1S/C16H11ClF2N2.C10H5Cl2F2N/c1-8-15(17)14-12(19)6-10(18)7-13(14)21-16(8)11-4-3-5-20-9(11)2;1-4-9(11)8-6(14)2-5(13)3-7(8)15-10(4)12/h3-7H,1-2H3;2-3H,1H3. The molecule has 3 nitrogen and oxygen atoms in total. The fraction of sp³-hybridized carbons (Fsp3) is 0.115. The van der Waals surface area contributed by atoms with Gasteiger partial charge in [-0.25, -0.2) is 27.5 Å². The lowest BCUT2D eigenvalue weighted by atomic mass is 10.0. The maximum atomic E-state index is 13.9. The first-order chi connectivity index (χ1) is 17.0. The molecule has 0 fully saturated rings. The van der Waals surface area contributed by atoms with E-state index in [9.17, 15) is 17.6 Å². The van der Waals surface area contributed by atoms with E-state index < -0.39 is 23.3 Å². The van der Waals surface area contributed by atoms with Gasteiger partial charge in [0.1, 0.15) is 28.4 Å². The van der Waals surface area contributed by atoms with Crippen molar-refractivity contribution in [2.24, 2.45) is 0 Å². The molecule has 0 saturated carbocycles. The lowest BCUT2D eigenvalue weighted by Gasteiger charge is -2.12. The monoisotopic (exact) mass is 551 g/mol. The summed E-state index contributed by atoms with van der Waals surface area (Å²) in [7, 11) is 0. The van der Waals surface area contributed by atoms with Crippen molar-refractivity contribution in [2.75, 3.05) is 0 Å². The van der Waals surface area contributed by atoms with Gasteiger partial charge in [-0.2, -0.15) is 0 Å². The molecule has 5 rings (SSSR count). The van der Waals surface area contributed by atoms with Crippen LogP contribution in [0.5, 0.6) is 0 Å². The van der Waals surface area contributed by atoms with Crippen molar-refractivity contribution in [3.8, 4) is 11.3 Å². The molecule has 0 spiro atoms. The van der Waals surface area contributed by atoms with Gasteiger partial charge in [0, 0.05) is 47.3 Å². The van der Waals surface area contributed by atoms with E-state index in [1.54, 1.807) is 26.1 Å². The third-order valence-corrected chi connectivity index (χ3v) is 6.86. The van der Waals surface area contributed by atoms with Gasteiger partial charge in [0.2, 0.25) is 0 Å². The number of aryl methyl sites for hydroxylation is 1. The molecule has 0 atom stereocenters. The highest BCUT2D eigenvalue weighted by atomic mass is 35.5. The zero-order chi connectivity index (χ0) is 26.3. The van der Waals surface area contributed by atoms with Crippen LogP contribution in [-0.4, -0.2) is 15.0 Å². The Morgan fingerprint density at radius 2 is 1.22 bits per heavy atom. The van der Waals surface area contributed by atoms with E-state index >= 15 is 0 Å². The van der Waals surface area contributed by atoms with Crippen LogP contribution < -0.4 is 0 Å². The summed E-state index contributed by atoms with van der Waals surface area (Å²) < 4.78 is 53.6. The molecular weight excluding hydrogens is 537 g/mol. The van der Waals surface area contributed by atoms with Gasteiger partial charge in [0.15, 0.2) is 0 Å². The lowest BCUT2D eigenvalue weighted by molar-refractivity contribution is 0.590. The molecule has 0 aliphatic heterocycles. The molecule has 0 radical (unpaired) electrons. The normalized spacial score (nSPS) is 11.1. The van der Waals surface area contributed by atoms with Crippen LogP contribution in [0.2, 0.25) is 15.2 Å². The van der Waals surface area contributed by atoms with E-state index in [0.717, 1.165) is 29.5 Å². The topological polar surface area (TPSA) is 38.7 Å². The Morgan fingerprint density at radius 1 is 0.694 bits per heavy atom. The fourth-order valence-corrected chi connectivity index (χ4v) is 4.48. The fourth-order valence-electron chi connectivity index (χ4n) is 3.69. The van der Waals surface area contributed by atoms with Gasteiger partial charge < -0.3 is 0 Å². The maximum Gasteiger partial charge on any atom is 0.137 e. The zero-order valence-electron chi connectivity index (χ0n) is 19.0. The molecule has 10 heteroatoms. The Balaban J connectivity index is 0.000000179. The average Bonchev–Trinajstić information content (AvgIpc) is 2.80. The first-order valence-electron chi connectivity index (χ1n) is 10.5. The molecule has 5 aromatic rings. The molecule has 0 saturated heterocycles. The highest BCUT2D eigenvalue weighted by Gasteiger charge is 2.17. The summed E-state index contributed by atoms with van der Waals surface area (Å²) in [6.45, 7) is 5.24. The summed E-state index contributed by atoms with van der Waals surface area (Å²) in [5.74, 6) is -2.83. The molecule has 0 aliphatic carbocycles. The number of hydrogen-bond acceptors (Lipinski definition) is 3. The quantitative estimate of drug-likeness (QED) is 0.154. The third kappa shape index (κ3) is 4.83. The number of rotatable bonds is 1. The van der Waals surface area contributed by atoms with E-state index in [-0.39, 0.29) is 37.0 Å². The molecule has 3 aromatic heterocycles. The molecule has 0 N–H and O–H groups in total. The second-order valence-electron chi connectivity index (χ2n) is 7.94. The summed E-state index contributed by atoms with van der Waals surface area (Å²) in [5, 5.41) is 0.802. The van der Waals surface area contributed by atoms with E-state index in [1.165, 1.54) is 6.07 Å². The van der Waals surface area contributed by atoms with Crippen molar-refractivity contribution in [3.05, 3.63) is 97.9 Å². The molecule has 36 heavy (non-hydrogen) atoms. The Kier molecular flexibility index (Phi) is 7.36. The molecule has 0 amide bonds. The van der Waals surface area contributed by atoms with Gasteiger partial charge in [0.25, 0.3) is 0 Å². The number of pyridine rings is 3. The Bertz CT molecular complexity index is 1660. The molecule has 0 bridgehead atoms. The number of fused-ring (bicyclic) bond motifs is 2. The second-order valence-corrected chi connectivity index (χ2v) is 9.05. The van der Waals surface area contributed by atoms with E-state index in [1.807, 2.05) is 13.0 Å². The van der Waals surface area contributed by atoms with Crippen LogP contribution in [0.15, 0.2) is 42.6 Å². The van der Waals surface area contributed by atoms with Gasteiger partial charge in [-0.15, -0.1) is 0 Å².